The molecule has 0 saturated heterocycles. The van der Waals surface area contributed by atoms with Crippen molar-refractivity contribution in [1.29, 1.82) is 0 Å². The van der Waals surface area contributed by atoms with E-state index in [0.29, 0.717) is 16.7 Å². The van der Waals surface area contributed by atoms with Gasteiger partial charge in [0.05, 0.1) is 12.5 Å². The van der Waals surface area contributed by atoms with Gasteiger partial charge in [-0.25, -0.2) is 0 Å². The fourth-order valence-electron chi connectivity index (χ4n) is 3.02. The molecule has 0 atom stereocenters. The normalized spacial score (nSPS) is 11.5. The molecule has 1 heterocycles. The van der Waals surface area contributed by atoms with Gasteiger partial charge < -0.3 is 9.15 Å². The quantitative estimate of drug-likeness (QED) is 0.461. The summed E-state index contributed by atoms with van der Waals surface area (Å²) < 4.78 is 11.3. The molecule has 27 heavy (non-hydrogen) atoms. The minimum Gasteiger partial charge on any atom is -0.497 e. The predicted molar refractivity (Wildman–Crippen MR) is 109 cm³/mol. The summed E-state index contributed by atoms with van der Waals surface area (Å²) in [6, 6.07) is 26.5. The van der Waals surface area contributed by atoms with Crippen LogP contribution in [0.2, 0.25) is 0 Å². The molecule has 132 valence electrons. The molecular weight excluding hydrogens is 336 g/mol. The number of hydrogen-bond donors (Lipinski definition) is 0. The van der Waals surface area contributed by atoms with Crippen molar-refractivity contribution >= 4 is 22.6 Å². The van der Waals surface area contributed by atoms with Gasteiger partial charge in [0.1, 0.15) is 17.1 Å². The topological polar surface area (TPSA) is 39.4 Å². The van der Waals surface area contributed by atoms with Gasteiger partial charge in [0, 0.05) is 11.6 Å². The number of benzene rings is 3. The van der Waals surface area contributed by atoms with Crippen LogP contribution in [-0.4, -0.2) is 7.11 Å². The second-order valence-electron chi connectivity index (χ2n) is 6.17. The minimum absolute atomic E-state index is 0.0524. The Bertz CT molecular complexity index is 1150. The Morgan fingerprint density at radius 1 is 0.889 bits per heavy atom. The minimum atomic E-state index is -0.0524. The number of fused-ring (bicyclic) bond motifs is 1. The number of ether oxygens (including phenoxy) is 1. The van der Waals surface area contributed by atoms with E-state index in [4.69, 9.17) is 9.15 Å². The van der Waals surface area contributed by atoms with Gasteiger partial charge in [0.25, 0.3) is 0 Å². The molecule has 0 N–H and O–H groups in total. The average Bonchev–Trinajstić information content (AvgIpc) is 2.73. The lowest BCUT2D eigenvalue weighted by molar-refractivity contribution is 0.415. The van der Waals surface area contributed by atoms with E-state index in [1.165, 1.54) is 0 Å². The molecule has 0 bridgehead atoms. The van der Waals surface area contributed by atoms with Gasteiger partial charge in [-0.2, -0.15) is 0 Å². The van der Waals surface area contributed by atoms with E-state index >= 15 is 0 Å². The molecule has 3 heteroatoms. The SMILES string of the molecule is COc1ccc(C=C(c2ccccc2)c2cc(=O)c3ccccc3o2)cc1. The maximum Gasteiger partial charge on any atom is 0.193 e. The van der Waals surface area contributed by atoms with Crippen LogP contribution in [0.25, 0.3) is 22.6 Å². The first-order chi connectivity index (χ1) is 13.2. The summed E-state index contributed by atoms with van der Waals surface area (Å²) in [5, 5.41) is 0.582. The van der Waals surface area contributed by atoms with Crippen LogP contribution < -0.4 is 10.2 Å². The summed E-state index contributed by atoms with van der Waals surface area (Å²) in [7, 11) is 1.64. The number of para-hydroxylation sites is 1. The van der Waals surface area contributed by atoms with Gasteiger partial charge in [-0.1, -0.05) is 54.6 Å². The van der Waals surface area contributed by atoms with Crippen LogP contribution in [0.5, 0.6) is 5.75 Å². The molecule has 4 rings (SSSR count). The monoisotopic (exact) mass is 354 g/mol. The summed E-state index contributed by atoms with van der Waals surface area (Å²) in [5.41, 5.74) is 3.35. The van der Waals surface area contributed by atoms with E-state index < -0.39 is 0 Å². The van der Waals surface area contributed by atoms with Gasteiger partial charge >= 0.3 is 0 Å². The van der Waals surface area contributed by atoms with Crippen LogP contribution in [0.4, 0.5) is 0 Å². The molecule has 0 aliphatic carbocycles. The Morgan fingerprint density at radius 2 is 1.59 bits per heavy atom. The van der Waals surface area contributed by atoms with E-state index in [9.17, 15) is 4.79 Å². The van der Waals surface area contributed by atoms with Crippen molar-refractivity contribution in [1.82, 2.24) is 0 Å². The molecule has 0 unspecified atom stereocenters. The number of rotatable bonds is 4. The molecule has 4 aromatic rings. The molecule has 3 aromatic carbocycles. The third kappa shape index (κ3) is 3.53. The fourth-order valence-corrected chi connectivity index (χ4v) is 3.02. The molecule has 0 radical (unpaired) electrons. The molecule has 0 aliphatic rings. The maximum absolute atomic E-state index is 12.6. The Balaban J connectivity index is 1.90. The van der Waals surface area contributed by atoms with Gasteiger partial charge in [-0.15, -0.1) is 0 Å². The summed E-state index contributed by atoms with van der Waals surface area (Å²) >= 11 is 0. The lowest BCUT2D eigenvalue weighted by Crippen LogP contribution is -2.02. The number of hydrogen-bond acceptors (Lipinski definition) is 3. The highest BCUT2D eigenvalue weighted by Crippen LogP contribution is 2.28. The predicted octanol–water partition coefficient (Wildman–Crippen LogP) is 5.39. The molecule has 3 nitrogen and oxygen atoms in total. The highest BCUT2D eigenvalue weighted by atomic mass is 16.5. The van der Waals surface area contributed by atoms with E-state index in [0.717, 1.165) is 22.4 Å². The van der Waals surface area contributed by atoms with Crippen molar-refractivity contribution in [2.75, 3.05) is 7.11 Å². The second kappa shape index (κ2) is 7.34. The highest BCUT2D eigenvalue weighted by Gasteiger charge is 2.11. The smallest absolute Gasteiger partial charge is 0.193 e. The molecule has 0 amide bonds. The first-order valence-electron chi connectivity index (χ1n) is 8.69. The van der Waals surface area contributed by atoms with Crippen molar-refractivity contribution in [2.24, 2.45) is 0 Å². The van der Waals surface area contributed by atoms with E-state index in [2.05, 4.69) is 0 Å². The van der Waals surface area contributed by atoms with Crippen LogP contribution in [0.1, 0.15) is 16.9 Å². The summed E-state index contributed by atoms with van der Waals surface area (Å²) in [4.78, 5) is 12.6. The molecule has 0 fully saturated rings. The van der Waals surface area contributed by atoms with Gasteiger partial charge in [0.15, 0.2) is 5.43 Å². The second-order valence-corrected chi connectivity index (χ2v) is 6.17. The first-order valence-corrected chi connectivity index (χ1v) is 8.69. The average molecular weight is 354 g/mol. The van der Waals surface area contributed by atoms with Crippen LogP contribution in [-0.2, 0) is 0 Å². The van der Waals surface area contributed by atoms with Crippen molar-refractivity contribution in [3.05, 3.63) is 112 Å². The van der Waals surface area contributed by atoms with Crippen molar-refractivity contribution < 1.29 is 9.15 Å². The zero-order valence-electron chi connectivity index (χ0n) is 14.9. The standard InChI is InChI=1S/C24H18O3/c1-26-19-13-11-17(12-14-19)15-21(18-7-3-2-4-8-18)24-16-22(25)20-9-5-6-10-23(20)27-24/h2-16H,1H3. The first kappa shape index (κ1) is 16.9. The van der Waals surface area contributed by atoms with Crippen LogP contribution in [0, 0.1) is 0 Å². The van der Waals surface area contributed by atoms with Crippen molar-refractivity contribution in [2.45, 2.75) is 0 Å². The summed E-state index contributed by atoms with van der Waals surface area (Å²) in [6.45, 7) is 0. The largest absolute Gasteiger partial charge is 0.497 e. The molecule has 0 saturated carbocycles. The van der Waals surface area contributed by atoms with E-state index in [-0.39, 0.29) is 5.43 Å². The lowest BCUT2D eigenvalue weighted by atomic mass is 9.99. The Hall–Kier alpha value is -3.59. The van der Waals surface area contributed by atoms with Crippen molar-refractivity contribution in [3.8, 4) is 5.75 Å². The Morgan fingerprint density at radius 3 is 2.33 bits per heavy atom. The molecular formula is C24H18O3. The Labute approximate surface area is 157 Å². The van der Waals surface area contributed by atoms with Crippen molar-refractivity contribution in [3.63, 3.8) is 0 Å². The lowest BCUT2D eigenvalue weighted by Gasteiger charge is -2.09. The zero-order chi connectivity index (χ0) is 18.6. The molecule has 0 aliphatic heterocycles. The fraction of sp³-hybridized carbons (Fsp3) is 0.0417. The molecule has 1 aromatic heterocycles. The van der Waals surface area contributed by atoms with Crippen LogP contribution in [0.3, 0.4) is 0 Å². The maximum atomic E-state index is 12.6. The summed E-state index contributed by atoms with van der Waals surface area (Å²) in [5.74, 6) is 1.34. The molecule has 0 spiro atoms. The van der Waals surface area contributed by atoms with Gasteiger partial charge in [-0.3, -0.25) is 4.79 Å². The van der Waals surface area contributed by atoms with E-state index in [1.54, 1.807) is 19.2 Å². The van der Waals surface area contributed by atoms with Gasteiger partial charge in [0.2, 0.25) is 0 Å². The van der Waals surface area contributed by atoms with Crippen LogP contribution in [0.15, 0.2) is 94.1 Å². The summed E-state index contributed by atoms with van der Waals surface area (Å²) in [6.07, 6.45) is 2.02. The third-order valence-electron chi connectivity index (χ3n) is 4.41. The number of methoxy groups -OCH3 is 1. The zero-order valence-corrected chi connectivity index (χ0v) is 14.9. The van der Waals surface area contributed by atoms with E-state index in [1.807, 2.05) is 78.9 Å². The van der Waals surface area contributed by atoms with Crippen LogP contribution >= 0.6 is 0 Å². The Kier molecular flexibility index (Phi) is 4.58. The highest BCUT2D eigenvalue weighted by molar-refractivity contribution is 5.91. The van der Waals surface area contributed by atoms with Gasteiger partial charge in [-0.05, 0) is 41.5 Å². The third-order valence-corrected chi connectivity index (χ3v) is 4.41.